The summed E-state index contributed by atoms with van der Waals surface area (Å²) in [4.78, 5) is 38.2. The van der Waals surface area contributed by atoms with Gasteiger partial charge in [-0.3, -0.25) is 18.9 Å². The van der Waals surface area contributed by atoms with Gasteiger partial charge < -0.3 is 20.7 Å². The summed E-state index contributed by atoms with van der Waals surface area (Å²) in [5.41, 5.74) is 1.41. The van der Waals surface area contributed by atoms with Gasteiger partial charge in [-0.15, -0.1) is 0 Å². The first-order valence-corrected chi connectivity index (χ1v) is 13.5. The number of hydrogen-bond donors (Lipinski definition) is 4. The van der Waals surface area contributed by atoms with Gasteiger partial charge in [0.1, 0.15) is 12.4 Å². The second-order valence-corrected chi connectivity index (χ2v) is 10.1. The molecule has 0 spiro atoms. The standard InChI is InChI=1S/C29H25N3O7S/c33-27(26(40(36,37)38)21-12-5-2-6-13-21)31-24-16-7-8-17-25(24)32-29(35)28(34)30-22-14-9-15-23(18-22)39-19-20-10-3-1-4-11-20/h1-18,26H,19H2,(H,30,34)(H,31,33)(H,32,35)(H,36,37,38). The number of carbonyl (C=O) groups is 3. The summed E-state index contributed by atoms with van der Waals surface area (Å²) in [5.74, 6) is -2.58. The molecule has 0 heterocycles. The highest BCUT2D eigenvalue weighted by atomic mass is 32.2. The van der Waals surface area contributed by atoms with Crippen LogP contribution in [0.5, 0.6) is 5.75 Å². The van der Waals surface area contributed by atoms with Gasteiger partial charge in [-0.25, -0.2) is 0 Å². The van der Waals surface area contributed by atoms with Crippen LogP contribution in [0.3, 0.4) is 0 Å². The van der Waals surface area contributed by atoms with Crippen LogP contribution in [-0.2, 0) is 31.1 Å². The Hall–Kier alpha value is -5.00. The van der Waals surface area contributed by atoms with Crippen molar-refractivity contribution in [3.05, 3.63) is 120 Å². The van der Waals surface area contributed by atoms with Crippen LogP contribution in [0.25, 0.3) is 0 Å². The minimum Gasteiger partial charge on any atom is -0.489 e. The van der Waals surface area contributed by atoms with Crippen molar-refractivity contribution in [2.24, 2.45) is 0 Å². The molecule has 1 unspecified atom stereocenters. The number of hydrogen-bond acceptors (Lipinski definition) is 6. The third kappa shape index (κ3) is 7.53. The van der Waals surface area contributed by atoms with Crippen LogP contribution in [0.4, 0.5) is 17.1 Å². The van der Waals surface area contributed by atoms with Crippen molar-refractivity contribution < 1.29 is 32.1 Å². The van der Waals surface area contributed by atoms with Gasteiger partial charge in [0, 0.05) is 11.8 Å². The Morgan fingerprint density at radius 2 is 1.27 bits per heavy atom. The van der Waals surface area contributed by atoms with Gasteiger partial charge in [0.25, 0.3) is 10.1 Å². The predicted molar refractivity (Wildman–Crippen MR) is 150 cm³/mol. The molecular formula is C29H25N3O7S. The number of carbonyl (C=O) groups excluding carboxylic acids is 3. The third-order valence-electron chi connectivity index (χ3n) is 5.62. The number of benzene rings is 4. The molecule has 0 bridgehead atoms. The molecule has 4 aromatic carbocycles. The molecule has 0 saturated heterocycles. The lowest BCUT2D eigenvalue weighted by Gasteiger charge is -2.17. The van der Waals surface area contributed by atoms with E-state index in [1.807, 2.05) is 30.3 Å². The normalized spacial score (nSPS) is 11.6. The van der Waals surface area contributed by atoms with Gasteiger partial charge in [0.15, 0.2) is 5.25 Å². The Bertz CT molecular complexity index is 1610. The van der Waals surface area contributed by atoms with Crippen molar-refractivity contribution in [1.82, 2.24) is 0 Å². The molecule has 0 aliphatic carbocycles. The number of ether oxygens (including phenoxy) is 1. The van der Waals surface area contributed by atoms with Gasteiger partial charge in [-0.1, -0.05) is 78.9 Å². The van der Waals surface area contributed by atoms with E-state index >= 15 is 0 Å². The van der Waals surface area contributed by atoms with Gasteiger partial charge in [-0.2, -0.15) is 8.42 Å². The summed E-state index contributed by atoms with van der Waals surface area (Å²) in [6.45, 7) is 0.323. The quantitative estimate of drug-likeness (QED) is 0.175. The highest BCUT2D eigenvalue weighted by Gasteiger charge is 2.33. The van der Waals surface area contributed by atoms with Crippen LogP contribution in [0.1, 0.15) is 16.4 Å². The van der Waals surface area contributed by atoms with Crippen molar-refractivity contribution in [2.75, 3.05) is 16.0 Å². The van der Waals surface area contributed by atoms with E-state index in [0.717, 1.165) is 5.56 Å². The van der Waals surface area contributed by atoms with Crippen LogP contribution in [0.15, 0.2) is 109 Å². The second-order valence-electron chi connectivity index (χ2n) is 8.55. The number of anilines is 3. The number of rotatable bonds is 9. The van der Waals surface area contributed by atoms with Crippen LogP contribution < -0.4 is 20.7 Å². The Morgan fingerprint density at radius 1 is 0.700 bits per heavy atom. The molecule has 4 aromatic rings. The first kappa shape index (κ1) is 28.0. The molecule has 0 aliphatic heterocycles. The van der Waals surface area contributed by atoms with Crippen LogP contribution >= 0.6 is 0 Å². The van der Waals surface area contributed by atoms with E-state index in [0.29, 0.717) is 18.0 Å². The fraction of sp³-hybridized carbons (Fsp3) is 0.0690. The summed E-state index contributed by atoms with van der Waals surface area (Å²) < 4.78 is 39.4. The van der Waals surface area contributed by atoms with E-state index in [1.165, 1.54) is 42.5 Å². The molecule has 4 rings (SSSR count). The monoisotopic (exact) mass is 559 g/mol. The van der Waals surface area contributed by atoms with E-state index in [-0.39, 0.29) is 16.9 Å². The van der Waals surface area contributed by atoms with E-state index in [9.17, 15) is 27.4 Å². The molecule has 4 N–H and O–H groups in total. The molecular weight excluding hydrogens is 534 g/mol. The smallest absolute Gasteiger partial charge is 0.314 e. The van der Waals surface area contributed by atoms with Crippen molar-refractivity contribution >= 4 is 44.9 Å². The molecule has 0 radical (unpaired) electrons. The first-order valence-electron chi connectivity index (χ1n) is 12.0. The molecule has 3 amide bonds. The molecule has 11 heteroatoms. The average Bonchev–Trinajstić information content (AvgIpc) is 2.93. The Kier molecular flexibility index (Phi) is 8.89. The van der Waals surface area contributed by atoms with Crippen LogP contribution in [0, 0.1) is 0 Å². The maximum atomic E-state index is 12.9. The lowest BCUT2D eigenvalue weighted by atomic mass is 10.1. The summed E-state index contributed by atoms with van der Waals surface area (Å²) in [7, 11) is -4.82. The Labute approximate surface area is 230 Å². The van der Waals surface area contributed by atoms with Crippen molar-refractivity contribution in [2.45, 2.75) is 11.9 Å². The van der Waals surface area contributed by atoms with Gasteiger partial charge in [-0.05, 0) is 35.4 Å². The fourth-order valence-electron chi connectivity index (χ4n) is 3.76. The van der Waals surface area contributed by atoms with Crippen LogP contribution in [-0.4, -0.2) is 30.7 Å². The molecule has 10 nitrogen and oxygen atoms in total. The largest absolute Gasteiger partial charge is 0.489 e. The predicted octanol–water partition coefficient (Wildman–Crippen LogP) is 4.41. The van der Waals surface area contributed by atoms with Crippen molar-refractivity contribution in [1.29, 1.82) is 0 Å². The van der Waals surface area contributed by atoms with E-state index in [1.54, 1.807) is 36.4 Å². The molecule has 204 valence electrons. The Balaban J connectivity index is 1.42. The van der Waals surface area contributed by atoms with Crippen molar-refractivity contribution in [3.63, 3.8) is 0 Å². The number of para-hydroxylation sites is 2. The fourth-order valence-corrected chi connectivity index (χ4v) is 4.59. The topological polar surface area (TPSA) is 151 Å². The van der Waals surface area contributed by atoms with Crippen LogP contribution in [0.2, 0.25) is 0 Å². The first-order chi connectivity index (χ1) is 19.2. The summed E-state index contributed by atoms with van der Waals surface area (Å²) in [5, 5.41) is 5.39. The zero-order chi connectivity index (χ0) is 28.5. The zero-order valence-corrected chi connectivity index (χ0v) is 21.8. The molecule has 40 heavy (non-hydrogen) atoms. The molecule has 1 atom stereocenters. The average molecular weight is 560 g/mol. The summed E-state index contributed by atoms with van der Waals surface area (Å²) >= 11 is 0. The second kappa shape index (κ2) is 12.7. The zero-order valence-electron chi connectivity index (χ0n) is 21.0. The maximum absolute atomic E-state index is 12.9. The number of amides is 3. The Morgan fingerprint density at radius 3 is 1.93 bits per heavy atom. The third-order valence-corrected chi connectivity index (χ3v) is 6.70. The van der Waals surface area contributed by atoms with E-state index < -0.39 is 33.1 Å². The van der Waals surface area contributed by atoms with Gasteiger partial charge >= 0.3 is 11.8 Å². The highest BCUT2D eigenvalue weighted by Crippen LogP contribution is 2.27. The van der Waals surface area contributed by atoms with Gasteiger partial charge in [0.05, 0.1) is 11.4 Å². The lowest BCUT2D eigenvalue weighted by molar-refractivity contribution is -0.132. The minimum atomic E-state index is -4.82. The SMILES string of the molecule is O=C(Nc1cccc(OCc2ccccc2)c1)C(=O)Nc1ccccc1NC(=O)C(c1ccccc1)S(=O)(=O)O. The maximum Gasteiger partial charge on any atom is 0.314 e. The van der Waals surface area contributed by atoms with E-state index in [2.05, 4.69) is 16.0 Å². The molecule has 0 saturated carbocycles. The lowest BCUT2D eigenvalue weighted by Crippen LogP contribution is -2.30. The molecule has 0 fully saturated rings. The molecule has 0 aliphatic rings. The number of nitrogens with one attached hydrogen (secondary N) is 3. The van der Waals surface area contributed by atoms with E-state index in [4.69, 9.17) is 4.74 Å². The summed E-state index contributed by atoms with van der Waals surface area (Å²) in [6, 6.07) is 29.4. The molecule has 0 aromatic heterocycles. The minimum absolute atomic E-state index is 0.0227. The van der Waals surface area contributed by atoms with Crippen molar-refractivity contribution in [3.8, 4) is 5.75 Å². The van der Waals surface area contributed by atoms with Gasteiger partial charge in [0.2, 0.25) is 5.91 Å². The highest BCUT2D eigenvalue weighted by molar-refractivity contribution is 7.86. The summed E-state index contributed by atoms with van der Waals surface area (Å²) in [6.07, 6.45) is 0.